The molecular weight excluding hydrogens is 635 g/mol. The van der Waals surface area contributed by atoms with Crippen molar-refractivity contribution >= 4 is 28.8 Å². The monoisotopic (exact) mass is 669 g/mol. The number of fused-ring (bicyclic) bond motifs is 3. The highest BCUT2D eigenvalue weighted by Crippen LogP contribution is 2.33. The molecule has 0 saturated carbocycles. The Morgan fingerprint density at radius 2 is 0.745 bits per heavy atom. The lowest BCUT2D eigenvalue weighted by Crippen LogP contribution is -2.72. The van der Waals surface area contributed by atoms with Crippen LogP contribution in [0.15, 0.2) is 176 Å². The molecule has 0 fully saturated rings. The van der Waals surface area contributed by atoms with Gasteiger partial charge in [0.2, 0.25) is 0 Å². The zero-order chi connectivity index (χ0) is 34.4. The van der Waals surface area contributed by atoms with Crippen LogP contribution in [0.3, 0.4) is 0 Å². The van der Waals surface area contributed by atoms with Crippen LogP contribution in [0.4, 0.5) is 0 Å². The predicted octanol–water partition coefficient (Wildman–Crippen LogP) is 8.51. The van der Waals surface area contributed by atoms with Crippen LogP contribution in [0.2, 0.25) is 0 Å². The van der Waals surface area contributed by atoms with Gasteiger partial charge >= 0.3 is 0 Å². The van der Waals surface area contributed by atoms with E-state index in [1.165, 1.54) is 48.6 Å². The minimum absolute atomic E-state index is 0.655. The molecule has 9 rings (SSSR count). The minimum Gasteiger partial charge on any atom is -0.208 e. The molecule has 2 heterocycles. The third kappa shape index (κ3) is 5.32. The van der Waals surface area contributed by atoms with E-state index in [-0.39, 0.29) is 0 Å². The third-order valence-electron chi connectivity index (χ3n) is 10.2. The van der Waals surface area contributed by atoms with E-state index in [9.17, 15) is 0 Å². The SMILES string of the molecule is Cc1ccc([Si]2(c3ccc(C)cc3)c3ccccc3-c3cc(-c4nc(-c5ccccc5)nc(-c5ccc(-c6ccccc6)cc5)n4)ccc32)cc1. The lowest BCUT2D eigenvalue weighted by Gasteiger charge is -2.31. The maximum atomic E-state index is 5.14. The average molecular weight is 670 g/mol. The van der Waals surface area contributed by atoms with Crippen molar-refractivity contribution in [2.24, 2.45) is 0 Å². The minimum atomic E-state index is -2.61. The van der Waals surface area contributed by atoms with Gasteiger partial charge in [0.05, 0.1) is 0 Å². The lowest BCUT2D eigenvalue weighted by molar-refractivity contribution is 1.07. The van der Waals surface area contributed by atoms with Crippen molar-refractivity contribution in [3.05, 3.63) is 187 Å². The van der Waals surface area contributed by atoms with Gasteiger partial charge in [-0.3, -0.25) is 0 Å². The number of hydrogen-bond donors (Lipinski definition) is 0. The fourth-order valence-electron chi connectivity index (χ4n) is 7.61. The van der Waals surface area contributed by atoms with Crippen LogP contribution in [-0.2, 0) is 0 Å². The van der Waals surface area contributed by atoms with E-state index in [4.69, 9.17) is 15.0 Å². The van der Waals surface area contributed by atoms with Gasteiger partial charge in [-0.15, -0.1) is 0 Å². The summed E-state index contributed by atoms with van der Waals surface area (Å²) in [4.78, 5) is 15.3. The molecule has 0 spiro atoms. The van der Waals surface area contributed by atoms with Gasteiger partial charge in [0.1, 0.15) is 0 Å². The summed E-state index contributed by atoms with van der Waals surface area (Å²) in [7, 11) is -2.61. The second-order valence-corrected chi connectivity index (χ2v) is 17.1. The molecule has 0 saturated heterocycles. The van der Waals surface area contributed by atoms with Crippen molar-refractivity contribution in [1.29, 1.82) is 0 Å². The fraction of sp³-hybridized carbons (Fsp3) is 0.0426. The van der Waals surface area contributed by atoms with Crippen molar-refractivity contribution in [1.82, 2.24) is 15.0 Å². The number of rotatable bonds is 6. The highest BCUT2D eigenvalue weighted by Gasteiger charge is 2.48. The van der Waals surface area contributed by atoms with E-state index in [1.54, 1.807) is 0 Å². The largest absolute Gasteiger partial charge is 0.208 e. The van der Waals surface area contributed by atoms with Crippen LogP contribution in [0.5, 0.6) is 0 Å². The molecule has 3 nitrogen and oxygen atoms in total. The highest BCUT2D eigenvalue weighted by atomic mass is 28.3. The summed E-state index contributed by atoms with van der Waals surface area (Å²) in [5.41, 5.74) is 10.3. The van der Waals surface area contributed by atoms with Crippen molar-refractivity contribution in [2.45, 2.75) is 13.8 Å². The summed E-state index contributed by atoms with van der Waals surface area (Å²) in [6.07, 6.45) is 0. The van der Waals surface area contributed by atoms with E-state index in [0.29, 0.717) is 17.5 Å². The maximum absolute atomic E-state index is 5.14. The molecule has 0 aliphatic carbocycles. The molecule has 0 amide bonds. The molecule has 242 valence electrons. The van der Waals surface area contributed by atoms with E-state index in [2.05, 4.69) is 166 Å². The molecule has 8 aromatic rings. The summed E-state index contributed by atoms with van der Waals surface area (Å²) in [6, 6.07) is 63.5. The van der Waals surface area contributed by atoms with Crippen molar-refractivity contribution in [3.63, 3.8) is 0 Å². The molecule has 0 atom stereocenters. The van der Waals surface area contributed by atoms with Crippen molar-refractivity contribution in [2.75, 3.05) is 0 Å². The van der Waals surface area contributed by atoms with Gasteiger partial charge in [0, 0.05) is 16.7 Å². The summed E-state index contributed by atoms with van der Waals surface area (Å²) in [5, 5.41) is 5.60. The smallest absolute Gasteiger partial charge is 0.180 e. The summed E-state index contributed by atoms with van der Waals surface area (Å²) < 4.78 is 0. The standard InChI is InChI=1S/C47H35N3Si/c1-32-17-26-39(27-18-32)51(40-28-19-33(2)20-29-40)43-16-10-9-15-41(43)42-31-38(25-30-44(42)51)47-49-45(36-13-7-4-8-14-36)48-46(50-47)37-23-21-35(22-24-37)34-11-5-3-6-12-34/h3-31H,1-2H3. The normalized spacial score (nSPS) is 12.7. The first-order valence-corrected chi connectivity index (χ1v) is 19.4. The number of hydrogen-bond acceptors (Lipinski definition) is 3. The topological polar surface area (TPSA) is 38.7 Å². The van der Waals surface area contributed by atoms with Crippen LogP contribution >= 0.6 is 0 Å². The van der Waals surface area contributed by atoms with Crippen LogP contribution in [0.1, 0.15) is 11.1 Å². The van der Waals surface area contributed by atoms with E-state index >= 15 is 0 Å². The van der Waals surface area contributed by atoms with Gasteiger partial charge in [-0.1, -0.05) is 181 Å². The van der Waals surface area contributed by atoms with Crippen LogP contribution < -0.4 is 20.7 Å². The molecule has 0 radical (unpaired) electrons. The highest BCUT2D eigenvalue weighted by molar-refractivity contribution is 7.22. The number of aryl methyl sites for hydroxylation is 2. The van der Waals surface area contributed by atoms with E-state index in [0.717, 1.165) is 22.3 Å². The van der Waals surface area contributed by atoms with E-state index < -0.39 is 8.07 Å². The maximum Gasteiger partial charge on any atom is 0.180 e. The van der Waals surface area contributed by atoms with Gasteiger partial charge in [0.25, 0.3) is 0 Å². The average Bonchev–Trinajstić information content (AvgIpc) is 3.49. The Morgan fingerprint density at radius 1 is 0.333 bits per heavy atom. The fourth-order valence-corrected chi connectivity index (χ4v) is 12.7. The Kier molecular flexibility index (Phi) is 7.60. The molecule has 51 heavy (non-hydrogen) atoms. The second kappa shape index (κ2) is 12.6. The Hall–Kier alpha value is -6.23. The van der Waals surface area contributed by atoms with Gasteiger partial charge in [0.15, 0.2) is 25.5 Å². The molecule has 1 aromatic heterocycles. The van der Waals surface area contributed by atoms with Gasteiger partial charge in [-0.25, -0.2) is 15.0 Å². The zero-order valence-electron chi connectivity index (χ0n) is 28.6. The van der Waals surface area contributed by atoms with Crippen LogP contribution in [-0.4, -0.2) is 23.0 Å². The predicted molar refractivity (Wildman–Crippen MR) is 214 cm³/mol. The molecule has 4 heteroatoms. The van der Waals surface area contributed by atoms with E-state index in [1.807, 2.05) is 24.3 Å². The van der Waals surface area contributed by atoms with Crippen molar-refractivity contribution in [3.8, 4) is 56.4 Å². The van der Waals surface area contributed by atoms with Crippen LogP contribution in [0.25, 0.3) is 56.4 Å². The number of aromatic nitrogens is 3. The Morgan fingerprint density at radius 3 is 1.33 bits per heavy atom. The Bertz CT molecular complexity index is 2460. The first-order chi connectivity index (χ1) is 25.1. The number of benzene rings is 7. The lowest BCUT2D eigenvalue weighted by atomic mass is 10.0. The summed E-state index contributed by atoms with van der Waals surface area (Å²) in [6.45, 7) is 4.33. The Balaban J connectivity index is 1.23. The first kappa shape index (κ1) is 30.8. The molecule has 0 unspecified atom stereocenters. The van der Waals surface area contributed by atoms with Gasteiger partial charge < -0.3 is 0 Å². The second-order valence-electron chi connectivity index (χ2n) is 13.4. The molecule has 1 aliphatic rings. The number of nitrogens with zero attached hydrogens (tertiary/aromatic N) is 3. The van der Waals surface area contributed by atoms with Gasteiger partial charge in [-0.05, 0) is 62.9 Å². The molecule has 0 bridgehead atoms. The zero-order valence-corrected chi connectivity index (χ0v) is 29.6. The van der Waals surface area contributed by atoms with Crippen LogP contribution in [0, 0.1) is 13.8 Å². The molecule has 0 N–H and O–H groups in total. The molecule has 7 aromatic carbocycles. The van der Waals surface area contributed by atoms with Crippen molar-refractivity contribution < 1.29 is 0 Å². The summed E-state index contributed by atoms with van der Waals surface area (Å²) in [5.74, 6) is 1.98. The molecule has 1 aliphatic heterocycles. The Labute approximate surface area is 300 Å². The first-order valence-electron chi connectivity index (χ1n) is 17.4. The molecular formula is C47H35N3Si. The summed E-state index contributed by atoms with van der Waals surface area (Å²) >= 11 is 0. The quantitative estimate of drug-likeness (QED) is 0.167. The third-order valence-corrected chi connectivity index (χ3v) is 15.1. The van der Waals surface area contributed by atoms with Gasteiger partial charge in [-0.2, -0.15) is 0 Å².